The molecule has 1 aliphatic rings. The molecule has 2 aromatic rings. The number of sulfonamides is 1. The van der Waals surface area contributed by atoms with Gasteiger partial charge in [0.15, 0.2) is 0 Å². The van der Waals surface area contributed by atoms with Crippen LogP contribution in [0.15, 0.2) is 47.4 Å². The molecule has 0 radical (unpaired) electrons. The minimum atomic E-state index is -3.58. The van der Waals surface area contributed by atoms with Gasteiger partial charge in [-0.15, -0.1) is 0 Å². The third-order valence-corrected chi connectivity index (χ3v) is 6.77. The van der Waals surface area contributed by atoms with Crippen molar-refractivity contribution in [2.45, 2.75) is 11.8 Å². The summed E-state index contributed by atoms with van der Waals surface area (Å²) in [4.78, 5) is 14.3. The van der Waals surface area contributed by atoms with Gasteiger partial charge in [0.1, 0.15) is 5.82 Å². The summed E-state index contributed by atoms with van der Waals surface area (Å²) in [5.41, 5.74) is 0.910. The highest BCUT2D eigenvalue weighted by Crippen LogP contribution is 2.20. The largest absolute Gasteiger partial charge is 0.325 e. The summed E-state index contributed by atoms with van der Waals surface area (Å²) in [5.74, 6) is -0.643. The van der Waals surface area contributed by atoms with E-state index < -0.39 is 10.0 Å². The minimum Gasteiger partial charge on any atom is -0.325 e. The van der Waals surface area contributed by atoms with E-state index in [0.29, 0.717) is 29.4 Å². The van der Waals surface area contributed by atoms with Crippen LogP contribution in [0.5, 0.6) is 0 Å². The number of hydrogen-bond acceptors (Lipinski definition) is 4. The molecule has 0 atom stereocenters. The maximum Gasteiger partial charge on any atom is 0.243 e. The molecular formula is C19H21ClFN3O3S. The highest BCUT2D eigenvalue weighted by Gasteiger charge is 2.29. The van der Waals surface area contributed by atoms with Crippen molar-refractivity contribution < 1.29 is 17.6 Å². The molecule has 1 saturated heterocycles. The molecule has 0 aromatic heterocycles. The van der Waals surface area contributed by atoms with Crippen molar-refractivity contribution in [2.24, 2.45) is 0 Å². The Morgan fingerprint density at radius 2 is 1.75 bits per heavy atom. The van der Waals surface area contributed by atoms with Crippen LogP contribution < -0.4 is 5.32 Å². The third-order valence-electron chi connectivity index (χ3n) is 4.61. The number of nitrogens with zero attached hydrogens (tertiary/aromatic N) is 2. The summed E-state index contributed by atoms with van der Waals surface area (Å²) in [5, 5.41) is 3.14. The Morgan fingerprint density at radius 3 is 2.36 bits per heavy atom. The van der Waals surface area contributed by atoms with Gasteiger partial charge in [-0.25, -0.2) is 12.8 Å². The molecule has 0 bridgehead atoms. The number of rotatable bonds is 5. The molecule has 1 N–H and O–H groups in total. The van der Waals surface area contributed by atoms with Crippen LogP contribution in [0.3, 0.4) is 0 Å². The number of benzene rings is 2. The Bertz CT molecular complexity index is 959. The second-order valence-electron chi connectivity index (χ2n) is 6.65. The quantitative estimate of drug-likeness (QED) is 0.799. The van der Waals surface area contributed by atoms with E-state index in [1.54, 1.807) is 31.2 Å². The van der Waals surface area contributed by atoms with Gasteiger partial charge in [0.25, 0.3) is 0 Å². The number of nitrogens with one attached hydrogen (secondary N) is 1. The molecule has 3 rings (SSSR count). The van der Waals surface area contributed by atoms with Crippen LogP contribution in [-0.4, -0.2) is 56.3 Å². The molecule has 9 heteroatoms. The van der Waals surface area contributed by atoms with E-state index in [-0.39, 0.29) is 36.3 Å². The Labute approximate surface area is 168 Å². The lowest BCUT2D eigenvalue weighted by Gasteiger charge is -2.33. The van der Waals surface area contributed by atoms with Crippen LogP contribution in [0.4, 0.5) is 10.1 Å². The lowest BCUT2D eigenvalue weighted by atomic mass is 10.2. The molecule has 1 heterocycles. The molecule has 1 aliphatic heterocycles. The van der Waals surface area contributed by atoms with Crippen LogP contribution in [-0.2, 0) is 14.8 Å². The van der Waals surface area contributed by atoms with Crippen LogP contribution in [0.25, 0.3) is 0 Å². The molecule has 0 aliphatic carbocycles. The third kappa shape index (κ3) is 4.88. The van der Waals surface area contributed by atoms with Gasteiger partial charge in [-0.2, -0.15) is 4.31 Å². The number of amides is 1. The van der Waals surface area contributed by atoms with Crippen LogP contribution >= 0.6 is 11.6 Å². The normalized spacial score (nSPS) is 16.1. The molecule has 0 spiro atoms. The van der Waals surface area contributed by atoms with Crippen molar-refractivity contribution in [3.05, 3.63) is 58.9 Å². The second kappa shape index (κ2) is 8.57. The number of hydrogen-bond donors (Lipinski definition) is 1. The summed E-state index contributed by atoms with van der Waals surface area (Å²) in [7, 11) is -3.58. The maximum atomic E-state index is 13.6. The number of carbonyl (C=O) groups is 1. The molecular weight excluding hydrogens is 405 g/mol. The summed E-state index contributed by atoms with van der Waals surface area (Å²) in [6.45, 7) is 3.21. The zero-order valence-electron chi connectivity index (χ0n) is 15.4. The minimum absolute atomic E-state index is 0.115. The molecule has 28 heavy (non-hydrogen) atoms. The maximum absolute atomic E-state index is 13.6. The zero-order chi connectivity index (χ0) is 20.3. The molecule has 1 amide bonds. The topological polar surface area (TPSA) is 69.7 Å². The van der Waals surface area contributed by atoms with Crippen molar-refractivity contribution >= 4 is 33.2 Å². The van der Waals surface area contributed by atoms with Gasteiger partial charge in [-0.05, 0) is 48.9 Å². The van der Waals surface area contributed by atoms with Gasteiger partial charge in [0.2, 0.25) is 15.9 Å². The van der Waals surface area contributed by atoms with E-state index in [0.717, 1.165) is 0 Å². The molecule has 0 saturated carbocycles. The summed E-state index contributed by atoms with van der Waals surface area (Å²) < 4.78 is 40.3. The van der Waals surface area contributed by atoms with Gasteiger partial charge in [-0.1, -0.05) is 17.7 Å². The first-order chi connectivity index (χ1) is 13.3. The Morgan fingerprint density at radius 1 is 1.11 bits per heavy atom. The first-order valence-electron chi connectivity index (χ1n) is 8.80. The van der Waals surface area contributed by atoms with Crippen molar-refractivity contribution in [1.29, 1.82) is 0 Å². The predicted molar refractivity (Wildman–Crippen MR) is 106 cm³/mol. The predicted octanol–water partition coefficient (Wildman–Crippen LogP) is 2.73. The molecule has 2 aromatic carbocycles. The molecule has 1 fully saturated rings. The zero-order valence-corrected chi connectivity index (χ0v) is 16.9. The van der Waals surface area contributed by atoms with Gasteiger partial charge < -0.3 is 5.32 Å². The molecule has 0 unspecified atom stereocenters. The molecule has 150 valence electrons. The van der Waals surface area contributed by atoms with Gasteiger partial charge in [0, 0.05) is 36.9 Å². The van der Waals surface area contributed by atoms with E-state index in [4.69, 9.17) is 11.6 Å². The van der Waals surface area contributed by atoms with Gasteiger partial charge in [0.05, 0.1) is 11.4 Å². The fourth-order valence-electron chi connectivity index (χ4n) is 2.96. The SMILES string of the molecule is Cc1ccc(NC(=O)CN2CCN(S(=O)(=O)c3ccc(Cl)cc3)CC2)cc1F. The van der Waals surface area contributed by atoms with Gasteiger partial charge >= 0.3 is 0 Å². The van der Waals surface area contributed by atoms with E-state index in [1.165, 1.54) is 22.5 Å². The molecule has 6 nitrogen and oxygen atoms in total. The summed E-state index contributed by atoms with van der Waals surface area (Å²) in [6, 6.07) is 10.6. The van der Waals surface area contributed by atoms with Crippen molar-refractivity contribution in [3.63, 3.8) is 0 Å². The number of carbonyl (C=O) groups excluding carboxylic acids is 1. The fourth-order valence-corrected chi connectivity index (χ4v) is 4.51. The van der Waals surface area contributed by atoms with Crippen LogP contribution in [0, 0.1) is 12.7 Å². The van der Waals surface area contributed by atoms with Crippen molar-refractivity contribution in [2.75, 3.05) is 38.0 Å². The number of anilines is 1. The standard InChI is InChI=1S/C19H21ClFN3O3S/c1-14-2-5-16(12-18(14)21)22-19(25)13-23-8-10-24(11-9-23)28(26,27)17-6-3-15(20)4-7-17/h2-7,12H,8-11,13H2,1H3,(H,22,25). The highest BCUT2D eigenvalue weighted by molar-refractivity contribution is 7.89. The first kappa shape index (κ1) is 20.7. The smallest absolute Gasteiger partial charge is 0.243 e. The fraction of sp³-hybridized carbons (Fsp3) is 0.316. The lowest BCUT2D eigenvalue weighted by Crippen LogP contribution is -2.50. The van der Waals surface area contributed by atoms with E-state index >= 15 is 0 Å². The van der Waals surface area contributed by atoms with Crippen LogP contribution in [0.2, 0.25) is 5.02 Å². The lowest BCUT2D eigenvalue weighted by molar-refractivity contribution is -0.117. The van der Waals surface area contributed by atoms with Gasteiger partial charge in [-0.3, -0.25) is 9.69 Å². The first-order valence-corrected chi connectivity index (χ1v) is 10.6. The summed E-state index contributed by atoms with van der Waals surface area (Å²) >= 11 is 5.82. The summed E-state index contributed by atoms with van der Waals surface area (Å²) in [6.07, 6.45) is 0. The Hall–Kier alpha value is -2.00. The average molecular weight is 426 g/mol. The van der Waals surface area contributed by atoms with E-state index in [1.807, 2.05) is 4.90 Å². The monoisotopic (exact) mass is 425 g/mol. The Kier molecular flexibility index (Phi) is 6.34. The van der Waals surface area contributed by atoms with Crippen molar-refractivity contribution in [1.82, 2.24) is 9.21 Å². The second-order valence-corrected chi connectivity index (χ2v) is 9.02. The van der Waals surface area contributed by atoms with E-state index in [2.05, 4.69) is 5.32 Å². The number of piperazine rings is 1. The number of halogens is 2. The average Bonchev–Trinajstić information content (AvgIpc) is 2.65. The Balaban J connectivity index is 1.54. The van der Waals surface area contributed by atoms with E-state index in [9.17, 15) is 17.6 Å². The van der Waals surface area contributed by atoms with Crippen molar-refractivity contribution in [3.8, 4) is 0 Å². The van der Waals surface area contributed by atoms with Crippen LogP contribution in [0.1, 0.15) is 5.56 Å². The number of aryl methyl sites for hydroxylation is 1. The highest BCUT2D eigenvalue weighted by atomic mass is 35.5.